The van der Waals surface area contributed by atoms with Crippen LogP contribution >= 0.6 is 0 Å². The third-order valence-electron chi connectivity index (χ3n) is 3.15. The van der Waals surface area contributed by atoms with E-state index in [1.54, 1.807) is 0 Å². The van der Waals surface area contributed by atoms with Gasteiger partial charge in [0.2, 0.25) is 0 Å². The maximum Gasteiger partial charge on any atom is 0.135 e. The Hall–Kier alpha value is -2.09. The monoisotopic (exact) mass is 237 g/mol. The first-order valence-corrected chi connectivity index (χ1v) is 6.23. The van der Waals surface area contributed by atoms with Crippen LogP contribution < -0.4 is 0 Å². The topological polar surface area (TPSA) is 25.5 Å². The van der Waals surface area contributed by atoms with Crippen molar-refractivity contribution in [2.24, 2.45) is 4.99 Å². The molecule has 2 aromatic carbocycles. The lowest BCUT2D eigenvalue weighted by Gasteiger charge is -1.98. The number of benzene rings is 2. The van der Waals surface area contributed by atoms with Gasteiger partial charge in [-0.1, -0.05) is 24.3 Å². The van der Waals surface area contributed by atoms with Gasteiger partial charge in [0.15, 0.2) is 0 Å². The Labute approximate surface area is 106 Å². The van der Waals surface area contributed by atoms with Gasteiger partial charge in [-0.2, -0.15) is 0 Å². The van der Waals surface area contributed by atoms with E-state index in [-0.39, 0.29) is 0 Å². The Bertz CT molecular complexity index is 709. The van der Waals surface area contributed by atoms with Gasteiger partial charge in [0.25, 0.3) is 0 Å². The number of aliphatic imine (C=N–C) groups is 1. The molecule has 0 aliphatic rings. The predicted octanol–water partition coefficient (Wildman–Crippen LogP) is 4.22. The highest BCUT2D eigenvalue weighted by molar-refractivity contribution is 6.04. The lowest BCUT2D eigenvalue weighted by atomic mass is 10.1. The zero-order valence-electron chi connectivity index (χ0n) is 10.4. The molecular formula is C16H15NO. The summed E-state index contributed by atoms with van der Waals surface area (Å²) in [5.41, 5.74) is 3.22. The van der Waals surface area contributed by atoms with E-state index in [1.807, 2.05) is 31.3 Å². The minimum Gasteiger partial charge on any atom is -0.456 e. The van der Waals surface area contributed by atoms with Gasteiger partial charge in [-0.05, 0) is 43.3 Å². The Kier molecular flexibility index (Phi) is 2.85. The molecule has 1 aromatic heterocycles. The number of rotatable bonds is 3. The Morgan fingerprint density at radius 2 is 1.89 bits per heavy atom. The lowest BCUT2D eigenvalue weighted by molar-refractivity contribution is 0.668. The van der Waals surface area contributed by atoms with E-state index >= 15 is 0 Å². The second kappa shape index (κ2) is 4.65. The minimum atomic E-state index is 0.845. The summed E-state index contributed by atoms with van der Waals surface area (Å²) in [6.45, 7) is 2.80. The number of para-hydroxylation sites is 1. The predicted molar refractivity (Wildman–Crippen MR) is 76.5 cm³/mol. The summed E-state index contributed by atoms with van der Waals surface area (Å²) in [5, 5.41) is 2.39. The summed E-state index contributed by atoms with van der Waals surface area (Å²) in [6.07, 6.45) is 2.82. The van der Waals surface area contributed by atoms with Crippen molar-refractivity contribution >= 4 is 28.2 Å². The van der Waals surface area contributed by atoms with Crippen molar-refractivity contribution in [3.05, 3.63) is 48.0 Å². The fraction of sp³-hybridized carbons (Fsp3) is 0.188. The second-order valence-electron chi connectivity index (χ2n) is 4.34. The summed E-state index contributed by atoms with van der Waals surface area (Å²) < 4.78 is 5.80. The van der Waals surface area contributed by atoms with Gasteiger partial charge >= 0.3 is 0 Å². The van der Waals surface area contributed by atoms with Gasteiger partial charge in [0.05, 0.1) is 0 Å². The maximum absolute atomic E-state index is 5.80. The fourth-order valence-corrected chi connectivity index (χ4v) is 2.25. The van der Waals surface area contributed by atoms with E-state index in [2.05, 4.69) is 29.3 Å². The molecule has 0 amide bonds. The van der Waals surface area contributed by atoms with Crippen LogP contribution in [-0.2, 0) is 6.42 Å². The van der Waals surface area contributed by atoms with Crippen molar-refractivity contribution in [2.45, 2.75) is 13.3 Å². The lowest BCUT2D eigenvalue weighted by Crippen LogP contribution is -1.88. The summed E-state index contributed by atoms with van der Waals surface area (Å²) in [5.74, 6) is 0. The molecule has 0 atom stereocenters. The quantitative estimate of drug-likeness (QED) is 0.626. The molecule has 0 unspecified atom stereocenters. The van der Waals surface area contributed by atoms with E-state index in [1.165, 1.54) is 16.3 Å². The maximum atomic E-state index is 5.80. The Morgan fingerprint density at radius 1 is 1.06 bits per heavy atom. The molecule has 18 heavy (non-hydrogen) atoms. The molecule has 0 N–H and O–H groups in total. The van der Waals surface area contributed by atoms with E-state index in [9.17, 15) is 0 Å². The normalized spacial score (nSPS) is 11.8. The van der Waals surface area contributed by atoms with Crippen LogP contribution in [-0.4, -0.2) is 12.8 Å². The molecule has 0 spiro atoms. The molecule has 0 saturated carbocycles. The van der Waals surface area contributed by atoms with Gasteiger partial charge in [0, 0.05) is 17.3 Å². The van der Waals surface area contributed by atoms with Crippen LogP contribution in [0.15, 0.2) is 51.9 Å². The second-order valence-corrected chi connectivity index (χ2v) is 4.34. The number of hydrogen-bond donors (Lipinski definition) is 0. The van der Waals surface area contributed by atoms with Gasteiger partial charge in [-0.3, -0.25) is 4.99 Å². The number of furan rings is 1. The van der Waals surface area contributed by atoms with Crippen LogP contribution in [0.3, 0.4) is 0 Å². The largest absolute Gasteiger partial charge is 0.456 e. The molecule has 2 nitrogen and oxygen atoms in total. The first-order valence-electron chi connectivity index (χ1n) is 6.23. The van der Waals surface area contributed by atoms with Crippen LogP contribution in [0.2, 0.25) is 0 Å². The van der Waals surface area contributed by atoms with Gasteiger partial charge in [-0.25, -0.2) is 0 Å². The van der Waals surface area contributed by atoms with E-state index < -0.39 is 0 Å². The van der Waals surface area contributed by atoms with E-state index in [0.29, 0.717) is 0 Å². The summed E-state index contributed by atoms with van der Waals surface area (Å²) >= 11 is 0. The average Bonchev–Trinajstić information content (AvgIpc) is 2.77. The first-order chi connectivity index (χ1) is 8.88. The zero-order chi connectivity index (χ0) is 12.4. The van der Waals surface area contributed by atoms with Gasteiger partial charge in [-0.15, -0.1) is 0 Å². The molecule has 2 heteroatoms. The molecule has 3 rings (SSSR count). The molecule has 0 bridgehead atoms. The fourth-order valence-electron chi connectivity index (χ4n) is 2.25. The molecule has 3 aromatic rings. The highest BCUT2D eigenvalue weighted by Crippen LogP contribution is 2.29. The molecule has 0 fully saturated rings. The molecule has 0 aliphatic carbocycles. The summed E-state index contributed by atoms with van der Waals surface area (Å²) in [6, 6.07) is 14.6. The van der Waals surface area contributed by atoms with Gasteiger partial charge < -0.3 is 4.42 Å². The van der Waals surface area contributed by atoms with E-state index in [0.717, 1.165) is 24.1 Å². The van der Waals surface area contributed by atoms with Crippen LogP contribution in [0.1, 0.15) is 12.5 Å². The molecular weight excluding hydrogens is 222 g/mol. The smallest absolute Gasteiger partial charge is 0.135 e. The van der Waals surface area contributed by atoms with Crippen molar-refractivity contribution in [3.8, 4) is 0 Å². The number of hydrogen-bond acceptors (Lipinski definition) is 2. The van der Waals surface area contributed by atoms with Crippen molar-refractivity contribution in [2.75, 3.05) is 6.54 Å². The minimum absolute atomic E-state index is 0.845. The molecule has 0 saturated heterocycles. The standard InChI is InChI=1S/C16H15NO/c1-2-17-10-9-12-7-8-16-14(11-12)13-5-3-4-6-15(13)18-16/h2-8,11H,9-10H2,1H3. The highest BCUT2D eigenvalue weighted by Gasteiger charge is 2.06. The first kappa shape index (κ1) is 11.0. The van der Waals surface area contributed by atoms with Crippen LogP contribution in [0.4, 0.5) is 0 Å². The van der Waals surface area contributed by atoms with Crippen LogP contribution in [0.5, 0.6) is 0 Å². The highest BCUT2D eigenvalue weighted by atomic mass is 16.3. The average molecular weight is 237 g/mol. The molecule has 0 aliphatic heterocycles. The summed E-state index contributed by atoms with van der Waals surface area (Å²) in [4.78, 5) is 4.25. The number of nitrogens with zero attached hydrogens (tertiary/aromatic N) is 1. The van der Waals surface area contributed by atoms with E-state index in [4.69, 9.17) is 4.42 Å². The molecule has 90 valence electrons. The third kappa shape index (κ3) is 1.90. The van der Waals surface area contributed by atoms with Gasteiger partial charge in [0.1, 0.15) is 11.2 Å². The SMILES string of the molecule is CC=NCCc1ccc2oc3ccccc3c2c1. The molecule has 0 radical (unpaired) electrons. The Balaban J connectivity index is 2.07. The molecule has 1 heterocycles. The third-order valence-corrected chi connectivity index (χ3v) is 3.15. The van der Waals surface area contributed by atoms with Crippen LogP contribution in [0.25, 0.3) is 21.9 Å². The van der Waals surface area contributed by atoms with Crippen LogP contribution in [0, 0.1) is 0 Å². The van der Waals surface area contributed by atoms with Crippen molar-refractivity contribution in [3.63, 3.8) is 0 Å². The van der Waals surface area contributed by atoms with Crippen molar-refractivity contribution in [1.82, 2.24) is 0 Å². The summed E-state index contributed by atoms with van der Waals surface area (Å²) in [7, 11) is 0. The Morgan fingerprint density at radius 3 is 2.78 bits per heavy atom. The zero-order valence-corrected chi connectivity index (χ0v) is 10.4. The van der Waals surface area contributed by atoms with Crippen molar-refractivity contribution in [1.29, 1.82) is 0 Å². The van der Waals surface area contributed by atoms with Crippen molar-refractivity contribution < 1.29 is 4.42 Å². The number of fused-ring (bicyclic) bond motifs is 3.